The van der Waals surface area contributed by atoms with Crippen LogP contribution in [0.2, 0.25) is 0 Å². The molecular weight excluding hydrogens is 420 g/mol. The Bertz CT molecular complexity index is 678. The van der Waals surface area contributed by atoms with Gasteiger partial charge in [-0.3, -0.25) is 4.79 Å². The summed E-state index contributed by atoms with van der Waals surface area (Å²) in [6.07, 6.45) is 14.3. The summed E-state index contributed by atoms with van der Waals surface area (Å²) >= 11 is 3.71. The van der Waals surface area contributed by atoms with Crippen molar-refractivity contribution in [2.45, 2.75) is 105 Å². The van der Waals surface area contributed by atoms with E-state index in [-0.39, 0.29) is 5.41 Å². The molecule has 0 aromatic heterocycles. The molecule has 4 rings (SSSR count). The predicted molar refractivity (Wildman–Crippen MR) is 126 cm³/mol. The van der Waals surface area contributed by atoms with Crippen molar-refractivity contribution >= 4 is 21.7 Å². The highest BCUT2D eigenvalue weighted by atomic mass is 79.9. The van der Waals surface area contributed by atoms with E-state index in [9.17, 15) is 4.79 Å². The van der Waals surface area contributed by atoms with Gasteiger partial charge < -0.3 is 0 Å². The molecule has 0 aliphatic heterocycles. The Hall–Kier alpha value is -0.110. The Labute approximate surface area is 188 Å². The van der Waals surface area contributed by atoms with Gasteiger partial charge in [0, 0.05) is 6.42 Å². The van der Waals surface area contributed by atoms with Crippen molar-refractivity contribution < 1.29 is 4.79 Å². The van der Waals surface area contributed by atoms with Gasteiger partial charge in [0.2, 0.25) is 0 Å². The average molecular weight is 464 g/mol. The molecule has 2 heteroatoms. The fourth-order valence-corrected chi connectivity index (χ4v) is 9.52. The Kier molecular flexibility index (Phi) is 6.17. The van der Waals surface area contributed by atoms with Gasteiger partial charge in [0.1, 0.15) is 0 Å². The molecule has 164 valence electrons. The number of hydrogen-bond acceptors (Lipinski definition) is 1. The maximum absolute atomic E-state index is 12.3. The Morgan fingerprint density at radius 1 is 0.966 bits per heavy atom. The van der Waals surface area contributed by atoms with E-state index in [4.69, 9.17) is 0 Å². The zero-order chi connectivity index (χ0) is 21.0. The summed E-state index contributed by atoms with van der Waals surface area (Å²) in [4.78, 5) is 12.3. The Balaban J connectivity index is 1.52. The molecule has 7 atom stereocenters. The van der Waals surface area contributed by atoms with Crippen LogP contribution in [-0.4, -0.2) is 5.78 Å². The van der Waals surface area contributed by atoms with E-state index in [1.807, 2.05) is 0 Å². The largest absolute Gasteiger partial charge is 0.294 e. The lowest BCUT2D eigenvalue weighted by Crippen LogP contribution is -2.51. The average Bonchev–Trinajstić information content (AvgIpc) is 3.02. The van der Waals surface area contributed by atoms with Crippen molar-refractivity contribution in [3.63, 3.8) is 0 Å². The van der Waals surface area contributed by atoms with Crippen LogP contribution < -0.4 is 0 Å². The molecule has 0 saturated heterocycles. The van der Waals surface area contributed by atoms with Crippen LogP contribution in [-0.2, 0) is 4.79 Å². The number of carbonyl (C=O) groups is 1. The topological polar surface area (TPSA) is 17.1 Å². The quantitative estimate of drug-likeness (QED) is 0.401. The van der Waals surface area contributed by atoms with E-state index in [2.05, 4.69) is 50.5 Å². The standard InChI is InChI=1S/C27H43BrO/c1-17(2)7-6-8-18(3)20-11-12-21-19-9-10-23-25(28)24(29)14-16-27(23,5)22(19)13-15-26(20,21)4/h17-22H,6-16H2,1-5H3/t18-,19?,20?,21?,22?,26-,27-/m1/s1. The maximum Gasteiger partial charge on any atom is 0.169 e. The van der Waals surface area contributed by atoms with Crippen LogP contribution in [0.3, 0.4) is 0 Å². The molecule has 0 radical (unpaired) electrons. The van der Waals surface area contributed by atoms with Gasteiger partial charge in [0.15, 0.2) is 5.78 Å². The van der Waals surface area contributed by atoms with Gasteiger partial charge in [-0.25, -0.2) is 0 Å². The number of hydrogen-bond donors (Lipinski definition) is 0. The van der Waals surface area contributed by atoms with Gasteiger partial charge in [-0.1, -0.05) is 53.9 Å². The summed E-state index contributed by atoms with van der Waals surface area (Å²) in [5, 5.41) is 0. The van der Waals surface area contributed by atoms with Gasteiger partial charge in [-0.05, 0) is 113 Å². The van der Waals surface area contributed by atoms with E-state index in [1.54, 1.807) is 0 Å². The van der Waals surface area contributed by atoms with Crippen molar-refractivity contribution in [2.24, 2.45) is 46.3 Å². The number of ketones is 1. The van der Waals surface area contributed by atoms with Crippen LogP contribution in [0.5, 0.6) is 0 Å². The van der Waals surface area contributed by atoms with Crippen LogP contribution in [0, 0.1) is 46.3 Å². The molecule has 0 aromatic rings. The minimum atomic E-state index is 0.276. The first-order chi connectivity index (χ1) is 13.7. The third kappa shape index (κ3) is 3.62. The van der Waals surface area contributed by atoms with E-state index in [0.717, 1.165) is 59.3 Å². The second-order valence-corrected chi connectivity index (χ2v) is 12.9. The highest BCUT2D eigenvalue weighted by molar-refractivity contribution is 9.12. The maximum atomic E-state index is 12.3. The molecule has 3 saturated carbocycles. The molecule has 4 unspecified atom stereocenters. The fraction of sp³-hybridized carbons (Fsp3) is 0.889. The SMILES string of the molecule is CC(C)CCC[C@@H](C)C1CCC2C3CCC4=C(Br)C(=O)CC[C@]4(C)C3CC[C@@]21C. The van der Waals surface area contributed by atoms with Crippen molar-refractivity contribution in [3.05, 3.63) is 10.1 Å². The van der Waals surface area contributed by atoms with E-state index in [0.29, 0.717) is 11.2 Å². The molecule has 0 bridgehead atoms. The monoisotopic (exact) mass is 462 g/mol. The van der Waals surface area contributed by atoms with Crippen LogP contribution in [0.1, 0.15) is 105 Å². The van der Waals surface area contributed by atoms with Gasteiger partial charge in [-0.2, -0.15) is 0 Å². The zero-order valence-corrected chi connectivity index (χ0v) is 21.1. The third-order valence-corrected chi connectivity index (χ3v) is 11.2. The lowest BCUT2D eigenvalue weighted by atomic mass is 9.46. The summed E-state index contributed by atoms with van der Waals surface area (Å²) in [6, 6.07) is 0. The Morgan fingerprint density at radius 2 is 1.72 bits per heavy atom. The number of carbonyl (C=O) groups excluding carboxylic acids is 1. The van der Waals surface area contributed by atoms with Crippen LogP contribution in [0.4, 0.5) is 0 Å². The second kappa shape index (κ2) is 8.10. The lowest BCUT2D eigenvalue weighted by molar-refractivity contribution is -0.118. The summed E-state index contributed by atoms with van der Waals surface area (Å²) in [7, 11) is 0. The second-order valence-electron chi connectivity index (χ2n) is 12.1. The lowest BCUT2D eigenvalue weighted by Gasteiger charge is -2.58. The molecule has 0 amide bonds. The first-order valence-corrected chi connectivity index (χ1v) is 13.4. The van der Waals surface area contributed by atoms with Gasteiger partial charge in [-0.15, -0.1) is 0 Å². The molecule has 0 aromatic carbocycles. The molecule has 1 nitrogen and oxygen atoms in total. The molecule has 0 heterocycles. The first-order valence-electron chi connectivity index (χ1n) is 12.6. The van der Waals surface area contributed by atoms with Gasteiger partial charge in [0.05, 0.1) is 4.48 Å². The molecule has 0 spiro atoms. The number of fused-ring (bicyclic) bond motifs is 5. The summed E-state index contributed by atoms with van der Waals surface area (Å²) in [5.41, 5.74) is 2.32. The fourth-order valence-electron chi connectivity index (χ4n) is 8.67. The predicted octanol–water partition coefficient (Wildman–Crippen LogP) is 8.32. The number of rotatable bonds is 5. The van der Waals surface area contributed by atoms with Crippen molar-refractivity contribution in [2.75, 3.05) is 0 Å². The highest BCUT2D eigenvalue weighted by Crippen LogP contribution is 2.68. The minimum absolute atomic E-state index is 0.276. The summed E-state index contributed by atoms with van der Waals surface area (Å²) in [6.45, 7) is 12.5. The highest BCUT2D eigenvalue weighted by Gasteiger charge is 2.59. The summed E-state index contributed by atoms with van der Waals surface area (Å²) < 4.78 is 0.959. The zero-order valence-electron chi connectivity index (χ0n) is 19.5. The molecule has 0 N–H and O–H groups in total. The molecule has 3 fully saturated rings. The van der Waals surface area contributed by atoms with Gasteiger partial charge in [0.25, 0.3) is 0 Å². The molecular formula is C27H43BrO. The third-order valence-electron chi connectivity index (χ3n) is 10.3. The van der Waals surface area contributed by atoms with E-state index in [1.165, 1.54) is 56.9 Å². The van der Waals surface area contributed by atoms with Crippen molar-refractivity contribution in [1.29, 1.82) is 0 Å². The van der Waals surface area contributed by atoms with Crippen LogP contribution in [0.25, 0.3) is 0 Å². The van der Waals surface area contributed by atoms with Crippen molar-refractivity contribution in [3.8, 4) is 0 Å². The molecule has 4 aliphatic rings. The van der Waals surface area contributed by atoms with Gasteiger partial charge >= 0.3 is 0 Å². The molecule has 29 heavy (non-hydrogen) atoms. The van der Waals surface area contributed by atoms with E-state index >= 15 is 0 Å². The Morgan fingerprint density at radius 3 is 2.45 bits per heavy atom. The first kappa shape index (κ1) is 22.1. The van der Waals surface area contributed by atoms with E-state index < -0.39 is 0 Å². The smallest absolute Gasteiger partial charge is 0.169 e. The van der Waals surface area contributed by atoms with Crippen LogP contribution >= 0.6 is 15.9 Å². The summed E-state index contributed by atoms with van der Waals surface area (Å²) in [5.74, 6) is 5.64. The van der Waals surface area contributed by atoms with Crippen molar-refractivity contribution in [1.82, 2.24) is 0 Å². The minimum Gasteiger partial charge on any atom is -0.294 e. The number of Topliss-reactive ketones (excluding diaryl/α,β-unsaturated/α-hetero) is 1. The number of allylic oxidation sites excluding steroid dienone is 1. The molecule has 4 aliphatic carbocycles. The number of halogens is 1. The van der Waals surface area contributed by atoms with Crippen LogP contribution in [0.15, 0.2) is 10.1 Å². The normalized spacial score (nSPS) is 43.2.